The number of carboxylic acids is 1. The maximum atomic E-state index is 12.6. The van der Waals surface area contributed by atoms with E-state index in [1.165, 1.54) is 7.05 Å². The fourth-order valence-corrected chi connectivity index (χ4v) is 2.90. The third kappa shape index (κ3) is 4.43. The molecule has 0 aromatic heterocycles. The van der Waals surface area contributed by atoms with Crippen LogP contribution in [0.3, 0.4) is 0 Å². The van der Waals surface area contributed by atoms with Gasteiger partial charge in [0.25, 0.3) is 0 Å². The van der Waals surface area contributed by atoms with Gasteiger partial charge in [-0.05, 0) is 13.0 Å². The summed E-state index contributed by atoms with van der Waals surface area (Å²) in [6, 6.07) is -2.82. The van der Waals surface area contributed by atoms with Crippen molar-refractivity contribution in [1.82, 2.24) is 15.1 Å². The molecule has 0 unspecified atom stereocenters. The highest BCUT2D eigenvalue weighted by molar-refractivity contribution is 5.92. The van der Waals surface area contributed by atoms with Crippen molar-refractivity contribution in [2.24, 2.45) is 0 Å². The molecule has 138 valence electrons. The quantitative estimate of drug-likeness (QED) is 0.410. The van der Waals surface area contributed by atoms with Crippen LogP contribution in [-0.2, 0) is 14.4 Å². The molecule has 0 radical (unpaired) electrons. The zero-order valence-corrected chi connectivity index (χ0v) is 14.3. The first-order valence-electron chi connectivity index (χ1n) is 8.10. The zero-order valence-electron chi connectivity index (χ0n) is 14.3. The number of rotatable bonds is 8. The molecular formula is C15H27N3O6. The van der Waals surface area contributed by atoms with Crippen LogP contribution in [0.2, 0.25) is 0 Å². The molecule has 1 aliphatic rings. The molecule has 0 aromatic carbocycles. The van der Waals surface area contributed by atoms with Crippen LogP contribution in [0.1, 0.15) is 26.7 Å². The van der Waals surface area contributed by atoms with Crippen LogP contribution in [-0.4, -0.2) is 93.9 Å². The van der Waals surface area contributed by atoms with Gasteiger partial charge < -0.3 is 30.4 Å². The zero-order chi connectivity index (χ0) is 18.4. The predicted octanol–water partition coefficient (Wildman–Crippen LogP) is -1.76. The lowest BCUT2D eigenvalue weighted by atomic mass is 10.1. The number of β-amino-alcohol motifs (C(OH)–C–C–N with tert-alkyl or cyclic N) is 1. The Kier molecular flexibility index (Phi) is 7.59. The van der Waals surface area contributed by atoms with E-state index in [9.17, 15) is 29.7 Å². The molecule has 1 aliphatic heterocycles. The number of aliphatic hydroxyl groups excluding tert-OH is 2. The van der Waals surface area contributed by atoms with Gasteiger partial charge in [-0.3, -0.25) is 9.59 Å². The number of hydrogen-bond acceptors (Lipinski definition) is 6. The highest BCUT2D eigenvalue weighted by Crippen LogP contribution is 2.20. The normalized spacial score (nSPS) is 23.0. The smallest absolute Gasteiger partial charge is 0.326 e. The summed E-state index contributed by atoms with van der Waals surface area (Å²) >= 11 is 0. The average molecular weight is 345 g/mol. The van der Waals surface area contributed by atoms with Crippen molar-refractivity contribution in [3.8, 4) is 0 Å². The molecule has 4 N–H and O–H groups in total. The maximum absolute atomic E-state index is 12.6. The van der Waals surface area contributed by atoms with E-state index in [0.717, 1.165) is 9.80 Å². The maximum Gasteiger partial charge on any atom is 0.326 e. The number of carbonyl (C=O) groups excluding carboxylic acids is 2. The van der Waals surface area contributed by atoms with Crippen molar-refractivity contribution in [3.63, 3.8) is 0 Å². The van der Waals surface area contributed by atoms with Crippen molar-refractivity contribution < 1.29 is 29.7 Å². The molecule has 2 amide bonds. The standard InChI is InChI=1S/C15H27N3O6/c1-4-10(16-5-2)13(21)17(3)12(8-19)14(22)18-7-9(20)6-11(18)15(23)24/h9-12,16,19-20H,4-8H2,1-3H3,(H,23,24)/t9-,10+,11+,12+/m1/s1. The number of likely N-dealkylation sites (tertiary alicyclic amines) is 1. The summed E-state index contributed by atoms with van der Waals surface area (Å²) < 4.78 is 0. The van der Waals surface area contributed by atoms with Crippen LogP contribution >= 0.6 is 0 Å². The van der Waals surface area contributed by atoms with Gasteiger partial charge in [0.1, 0.15) is 12.1 Å². The fraction of sp³-hybridized carbons (Fsp3) is 0.800. The number of amides is 2. The summed E-state index contributed by atoms with van der Waals surface area (Å²) in [4.78, 5) is 38.5. The van der Waals surface area contributed by atoms with E-state index in [-0.39, 0.29) is 18.9 Å². The molecule has 1 fully saturated rings. The Labute approximate surface area is 141 Å². The Morgan fingerprint density at radius 1 is 1.33 bits per heavy atom. The van der Waals surface area contributed by atoms with Gasteiger partial charge in [0, 0.05) is 20.0 Å². The number of hydrogen-bond donors (Lipinski definition) is 4. The van der Waals surface area contributed by atoms with E-state index in [4.69, 9.17) is 0 Å². The molecule has 0 aromatic rings. The summed E-state index contributed by atoms with van der Waals surface area (Å²) in [5, 5.41) is 31.4. The van der Waals surface area contributed by atoms with E-state index in [1.54, 1.807) is 0 Å². The third-order valence-electron chi connectivity index (χ3n) is 4.28. The van der Waals surface area contributed by atoms with Gasteiger partial charge in [0.05, 0.1) is 18.8 Å². The van der Waals surface area contributed by atoms with Gasteiger partial charge in [-0.1, -0.05) is 13.8 Å². The van der Waals surface area contributed by atoms with Crippen molar-refractivity contribution in [3.05, 3.63) is 0 Å². The lowest BCUT2D eigenvalue weighted by molar-refractivity contribution is -0.153. The van der Waals surface area contributed by atoms with Crippen molar-refractivity contribution in [2.45, 2.75) is 50.9 Å². The Morgan fingerprint density at radius 2 is 1.96 bits per heavy atom. The summed E-state index contributed by atoms with van der Waals surface area (Å²) in [5.74, 6) is -2.24. The minimum Gasteiger partial charge on any atom is -0.480 e. The Balaban J connectivity index is 2.92. The van der Waals surface area contributed by atoms with E-state index < -0.39 is 42.7 Å². The third-order valence-corrected chi connectivity index (χ3v) is 4.28. The molecule has 0 spiro atoms. The number of nitrogens with one attached hydrogen (secondary N) is 1. The number of aliphatic hydroxyl groups is 2. The summed E-state index contributed by atoms with van der Waals surface area (Å²) in [6.45, 7) is 3.51. The second kappa shape index (κ2) is 8.95. The molecule has 0 bridgehead atoms. The highest BCUT2D eigenvalue weighted by Gasteiger charge is 2.43. The molecule has 0 aliphatic carbocycles. The van der Waals surface area contributed by atoms with Gasteiger partial charge in [0.2, 0.25) is 11.8 Å². The Morgan fingerprint density at radius 3 is 2.42 bits per heavy atom. The topological polar surface area (TPSA) is 130 Å². The lowest BCUT2D eigenvalue weighted by Crippen LogP contribution is -2.57. The van der Waals surface area contributed by atoms with Crippen LogP contribution in [0.25, 0.3) is 0 Å². The largest absolute Gasteiger partial charge is 0.480 e. The van der Waals surface area contributed by atoms with Crippen LogP contribution in [0.5, 0.6) is 0 Å². The van der Waals surface area contributed by atoms with E-state index >= 15 is 0 Å². The van der Waals surface area contributed by atoms with E-state index in [1.807, 2.05) is 13.8 Å². The average Bonchev–Trinajstić information content (AvgIpc) is 2.94. The Hall–Kier alpha value is -1.71. The SMILES string of the molecule is CCN[C@@H](CC)C(=O)N(C)[C@@H](CO)C(=O)N1C[C@H](O)C[C@H]1C(=O)O. The summed E-state index contributed by atoms with van der Waals surface area (Å²) in [6.07, 6.45) is -0.476. The molecule has 24 heavy (non-hydrogen) atoms. The number of likely N-dealkylation sites (N-methyl/N-ethyl adjacent to an activating group) is 2. The molecule has 0 saturated carbocycles. The van der Waals surface area contributed by atoms with Gasteiger partial charge in [-0.2, -0.15) is 0 Å². The minimum absolute atomic E-state index is 0.0636. The van der Waals surface area contributed by atoms with Gasteiger partial charge in [0.15, 0.2) is 0 Å². The van der Waals surface area contributed by atoms with Crippen LogP contribution in [0.4, 0.5) is 0 Å². The second-order valence-electron chi connectivity index (χ2n) is 5.90. The molecule has 9 nitrogen and oxygen atoms in total. The monoisotopic (exact) mass is 345 g/mol. The fourth-order valence-electron chi connectivity index (χ4n) is 2.90. The highest BCUT2D eigenvalue weighted by atomic mass is 16.4. The summed E-state index contributed by atoms with van der Waals surface area (Å²) in [5.41, 5.74) is 0. The molecule has 4 atom stereocenters. The predicted molar refractivity (Wildman–Crippen MR) is 85.2 cm³/mol. The van der Waals surface area contributed by atoms with E-state index in [2.05, 4.69) is 5.32 Å². The first-order chi connectivity index (χ1) is 11.3. The van der Waals surface area contributed by atoms with Crippen LogP contribution < -0.4 is 5.32 Å². The first kappa shape index (κ1) is 20.3. The Bertz CT molecular complexity index is 472. The van der Waals surface area contributed by atoms with Gasteiger partial charge in [-0.15, -0.1) is 0 Å². The number of carboxylic acid groups (broad SMARTS) is 1. The first-order valence-corrected chi connectivity index (χ1v) is 8.10. The summed E-state index contributed by atoms with van der Waals surface area (Å²) in [7, 11) is 1.41. The van der Waals surface area contributed by atoms with E-state index in [0.29, 0.717) is 13.0 Å². The molecule has 1 rings (SSSR count). The van der Waals surface area contributed by atoms with Gasteiger partial charge >= 0.3 is 5.97 Å². The second-order valence-corrected chi connectivity index (χ2v) is 5.90. The molecule has 1 saturated heterocycles. The lowest BCUT2D eigenvalue weighted by Gasteiger charge is -2.33. The molecule has 9 heteroatoms. The van der Waals surface area contributed by atoms with Crippen molar-refractivity contribution >= 4 is 17.8 Å². The molecular weight excluding hydrogens is 318 g/mol. The van der Waals surface area contributed by atoms with Crippen LogP contribution in [0.15, 0.2) is 0 Å². The minimum atomic E-state index is -1.22. The number of aliphatic carboxylic acids is 1. The number of carbonyl (C=O) groups is 3. The number of nitrogens with zero attached hydrogens (tertiary/aromatic N) is 2. The molecule has 1 heterocycles. The van der Waals surface area contributed by atoms with Crippen molar-refractivity contribution in [2.75, 3.05) is 26.7 Å². The van der Waals surface area contributed by atoms with Crippen molar-refractivity contribution in [1.29, 1.82) is 0 Å². The van der Waals surface area contributed by atoms with Gasteiger partial charge in [-0.25, -0.2) is 4.79 Å². The van der Waals surface area contributed by atoms with Crippen LogP contribution in [0, 0.1) is 0 Å².